The maximum absolute atomic E-state index is 13.1. The lowest BCUT2D eigenvalue weighted by atomic mass is 9.86. The van der Waals surface area contributed by atoms with Crippen molar-refractivity contribution in [1.82, 2.24) is 10.2 Å². The molecule has 3 aliphatic heterocycles. The van der Waals surface area contributed by atoms with Crippen LogP contribution in [0.3, 0.4) is 0 Å². The van der Waals surface area contributed by atoms with Gasteiger partial charge in [-0.2, -0.15) is 0 Å². The van der Waals surface area contributed by atoms with Crippen LogP contribution >= 0.6 is 0 Å². The van der Waals surface area contributed by atoms with Gasteiger partial charge in [0.25, 0.3) is 0 Å². The molecule has 0 bridgehead atoms. The standard InChI is InChI=1S/C35H58N2O7/c1-9-28(38)27(6)33-29(42-33)21-23(2)11-10-12-25(4)32-26(5)13-14-30(43-34(40)37-19-17-36-18-20-37)35(7,41-8)16-15-24(3)22-31(39)44-32/h10-14,23-24,26-30,32-33,36,38H,9,15-22H2,1-8H3/b11-10+,14-13+,25-12+/t23-,24-,26+,27-,28+,29-,30+,32-,33-,35-/m1/s1. The Morgan fingerprint density at radius 2 is 1.95 bits per heavy atom. The Balaban J connectivity index is 1.74. The summed E-state index contributed by atoms with van der Waals surface area (Å²) in [7, 11) is 1.65. The molecule has 3 heterocycles. The zero-order chi connectivity index (χ0) is 32.4. The number of ether oxygens (including phenoxy) is 4. The number of rotatable bonds is 10. The zero-order valence-corrected chi connectivity index (χ0v) is 28.3. The molecule has 3 aliphatic rings. The van der Waals surface area contributed by atoms with Gasteiger partial charge in [-0.25, -0.2) is 4.79 Å². The van der Waals surface area contributed by atoms with Gasteiger partial charge in [-0.15, -0.1) is 0 Å². The third-order valence-corrected chi connectivity index (χ3v) is 9.66. The van der Waals surface area contributed by atoms with E-state index in [-0.39, 0.29) is 48.1 Å². The summed E-state index contributed by atoms with van der Waals surface area (Å²) in [5.74, 6) is 0.151. The first kappa shape index (κ1) is 36.3. The second-order valence-corrected chi connectivity index (χ2v) is 13.5. The van der Waals surface area contributed by atoms with Gasteiger partial charge in [-0.3, -0.25) is 4.79 Å². The van der Waals surface area contributed by atoms with Crippen LogP contribution in [0, 0.1) is 23.7 Å². The number of carbonyl (C=O) groups is 2. The number of methoxy groups -OCH3 is 1. The minimum atomic E-state index is -0.743. The third-order valence-electron chi connectivity index (χ3n) is 9.66. The lowest BCUT2D eigenvalue weighted by Crippen LogP contribution is -2.50. The fourth-order valence-corrected chi connectivity index (χ4v) is 6.20. The van der Waals surface area contributed by atoms with E-state index in [1.807, 2.05) is 58.9 Å². The van der Waals surface area contributed by atoms with Crippen LogP contribution in [-0.4, -0.2) is 91.5 Å². The summed E-state index contributed by atoms with van der Waals surface area (Å²) in [6.45, 7) is 16.9. The number of hydrogen-bond donors (Lipinski definition) is 2. The Bertz CT molecular complexity index is 1020. The van der Waals surface area contributed by atoms with E-state index in [0.717, 1.165) is 37.9 Å². The smallest absolute Gasteiger partial charge is 0.410 e. The highest BCUT2D eigenvalue weighted by Crippen LogP contribution is 2.36. The largest absolute Gasteiger partial charge is 0.457 e. The first-order chi connectivity index (χ1) is 20.9. The van der Waals surface area contributed by atoms with Gasteiger partial charge in [0.05, 0.1) is 18.3 Å². The van der Waals surface area contributed by atoms with Crippen LogP contribution in [0.1, 0.15) is 80.6 Å². The summed E-state index contributed by atoms with van der Waals surface area (Å²) in [6.07, 6.45) is 12.0. The minimum absolute atomic E-state index is 0.0838. The van der Waals surface area contributed by atoms with E-state index >= 15 is 0 Å². The average molecular weight is 619 g/mol. The fourth-order valence-electron chi connectivity index (χ4n) is 6.20. The number of piperazine rings is 1. The molecular weight excluding hydrogens is 560 g/mol. The Hall–Kier alpha value is -2.20. The molecule has 250 valence electrons. The summed E-state index contributed by atoms with van der Waals surface area (Å²) in [5, 5.41) is 13.4. The lowest BCUT2D eigenvalue weighted by molar-refractivity contribution is -0.150. The van der Waals surface area contributed by atoms with Crippen molar-refractivity contribution in [2.24, 2.45) is 23.7 Å². The van der Waals surface area contributed by atoms with Crippen molar-refractivity contribution in [3.05, 3.63) is 36.0 Å². The predicted octanol–water partition coefficient (Wildman–Crippen LogP) is 5.43. The van der Waals surface area contributed by atoms with Crippen molar-refractivity contribution >= 4 is 12.1 Å². The van der Waals surface area contributed by atoms with Gasteiger partial charge < -0.3 is 34.3 Å². The van der Waals surface area contributed by atoms with Crippen molar-refractivity contribution in [3.63, 3.8) is 0 Å². The number of hydrogen-bond acceptors (Lipinski definition) is 8. The predicted molar refractivity (Wildman–Crippen MR) is 172 cm³/mol. The highest BCUT2D eigenvalue weighted by molar-refractivity contribution is 5.70. The van der Waals surface area contributed by atoms with Crippen LogP contribution in [0.25, 0.3) is 0 Å². The topological polar surface area (TPSA) is 110 Å². The first-order valence-electron chi connectivity index (χ1n) is 16.7. The van der Waals surface area contributed by atoms with Gasteiger partial charge in [0.15, 0.2) is 6.10 Å². The molecule has 3 rings (SSSR count). The van der Waals surface area contributed by atoms with Gasteiger partial charge in [0.1, 0.15) is 11.7 Å². The molecule has 0 aromatic rings. The van der Waals surface area contributed by atoms with E-state index in [9.17, 15) is 14.7 Å². The summed E-state index contributed by atoms with van der Waals surface area (Å²) in [4.78, 5) is 27.9. The number of epoxide rings is 1. The van der Waals surface area contributed by atoms with Gasteiger partial charge in [-0.1, -0.05) is 58.9 Å². The van der Waals surface area contributed by atoms with Crippen LogP contribution in [0.4, 0.5) is 4.79 Å². The number of carbonyl (C=O) groups excluding carboxylic acids is 2. The molecule has 44 heavy (non-hydrogen) atoms. The summed E-state index contributed by atoms with van der Waals surface area (Å²) >= 11 is 0. The Morgan fingerprint density at radius 1 is 1.25 bits per heavy atom. The second-order valence-electron chi connectivity index (χ2n) is 13.5. The zero-order valence-electron chi connectivity index (χ0n) is 28.3. The molecule has 0 spiro atoms. The molecule has 10 atom stereocenters. The van der Waals surface area contributed by atoms with Crippen molar-refractivity contribution in [3.8, 4) is 0 Å². The van der Waals surface area contributed by atoms with Gasteiger partial charge >= 0.3 is 12.1 Å². The van der Waals surface area contributed by atoms with E-state index < -0.39 is 17.8 Å². The summed E-state index contributed by atoms with van der Waals surface area (Å²) in [6, 6.07) is 0. The van der Waals surface area contributed by atoms with Crippen molar-refractivity contribution in [2.75, 3.05) is 33.3 Å². The van der Waals surface area contributed by atoms with E-state index in [1.165, 1.54) is 0 Å². The first-order valence-corrected chi connectivity index (χ1v) is 16.7. The number of esters is 1. The maximum atomic E-state index is 13.1. The van der Waals surface area contributed by atoms with Crippen LogP contribution < -0.4 is 5.32 Å². The molecule has 0 saturated carbocycles. The fraction of sp³-hybridized carbons (Fsp3) is 0.771. The average Bonchev–Trinajstić information content (AvgIpc) is 3.78. The highest BCUT2D eigenvalue weighted by atomic mass is 16.6. The summed E-state index contributed by atoms with van der Waals surface area (Å²) in [5.41, 5.74) is 0.195. The second kappa shape index (κ2) is 16.9. The SMILES string of the molecule is CC[C@H](O)[C@@H](C)[C@H]1O[C@@H]1C[C@H](C)/C=C/C=C(\C)[C@H]1OC(=O)C[C@H](C)CC[C@@](C)(OC)[C@@H](OC(=O)N2CCNCC2)/C=C/[C@@H]1C. The van der Waals surface area contributed by atoms with Crippen LogP contribution in [0.2, 0.25) is 0 Å². The molecule has 2 saturated heterocycles. The van der Waals surface area contributed by atoms with E-state index in [4.69, 9.17) is 18.9 Å². The molecule has 2 N–H and O–H groups in total. The number of cyclic esters (lactones) is 1. The number of nitrogens with one attached hydrogen (secondary N) is 1. The van der Waals surface area contributed by atoms with Crippen LogP contribution in [0.15, 0.2) is 36.0 Å². The van der Waals surface area contributed by atoms with E-state index in [2.05, 4.69) is 25.2 Å². The lowest BCUT2D eigenvalue weighted by Gasteiger charge is -2.37. The van der Waals surface area contributed by atoms with Crippen LogP contribution in [0.5, 0.6) is 0 Å². The monoisotopic (exact) mass is 618 g/mol. The third kappa shape index (κ3) is 10.4. The van der Waals surface area contributed by atoms with Gasteiger partial charge in [0, 0.05) is 51.5 Å². The van der Waals surface area contributed by atoms with E-state index in [1.54, 1.807) is 12.0 Å². The van der Waals surface area contributed by atoms with Gasteiger partial charge in [-0.05, 0) is 63.0 Å². The Morgan fingerprint density at radius 3 is 2.61 bits per heavy atom. The molecule has 0 unspecified atom stereocenters. The molecule has 9 nitrogen and oxygen atoms in total. The van der Waals surface area contributed by atoms with Crippen molar-refractivity contribution < 1.29 is 33.6 Å². The molecule has 0 aromatic carbocycles. The molecule has 1 amide bonds. The summed E-state index contributed by atoms with van der Waals surface area (Å²) < 4.78 is 24.0. The molecule has 0 radical (unpaired) electrons. The maximum Gasteiger partial charge on any atom is 0.410 e. The molecule has 0 aliphatic carbocycles. The normalized spacial score (nSPS) is 35.2. The number of aliphatic hydroxyl groups is 1. The molecule has 0 aromatic heterocycles. The molecular formula is C35H58N2O7. The Kier molecular flexibility index (Phi) is 13.9. The molecule has 9 heteroatoms. The highest BCUT2D eigenvalue weighted by Gasteiger charge is 2.45. The van der Waals surface area contributed by atoms with Crippen molar-refractivity contribution in [2.45, 2.75) is 117 Å². The Labute approximate surface area is 265 Å². The number of aliphatic hydroxyl groups excluding tert-OH is 1. The number of amides is 1. The van der Waals surface area contributed by atoms with Crippen molar-refractivity contribution in [1.29, 1.82) is 0 Å². The minimum Gasteiger partial charge on any atom is -0.457 e. The van der Waals surface area contributed by atoms with E-state index in [0.29, 0.717) is 31.8 Å². The molecule has 2 fully saturated rings. The van der Waals surface area contributed by atoms with Gasteiger partial charge in [0.2, 0.25) is 0 Å². The van der Waals surface area contributed by atoms with Crippen LogP contribution in [-0.2, 0) is 23.7 Å². The number of nitrogens with zero attached hydrogens (tertiary/aromatic N) is 1. The number of allylic oxidation sites excluding steroid dienone is 3. The quantitative estimate of drug-likeness (QED) is 0.144.